The Morgan fingerprint density at radius 1 is 1.42 bits per heavy atom. The zero-order chi connectivity index (χ0) is 13.2. The van der Waals surface area contributed by atoms with Crippen LogP contribution in [0.2, 0.25) is 0 Å². The molecule has 104 valence electrons. The second kappa shape index (κ2) is 5.46. The molecule has 2 aliphatic rings. The number of carbonyl (C=O) groups is 1. The molecule has 1 N–H and O–H groups in total. The summed E-state index contributed by atoms with van der Waals surface area (Å²) in [5.74, 6) is 0.383. The Bertz CT molecular complexity index is 462. The van der Waals surface area contributed by atoms with E-state index in [9.17, 15) is 9.90 Å². The van der Waals surface area contributed by atoms with Crippen molar-refractivity contribution in [2.24, 2.45) is 0 Å². The van der Waals surface area contributed by atoms with Crippen LogP contribution in [-0.4, -0.2) is 61.1 Å². The van der Waals surface area contributed by atoms with Gasteiger partial charge in [0.2, 0.25) is 11.1 Å². The first-order valence-corrected chi connectivity index (χ1v) is 7.59. The molecule has 1 aliphatic heterocycles. The van der Waals surface area contributed by atoms with Crippen LogP contribution in [-0.2, 0) is 4.79 Å². The van der Waals surface area contributed by atoms with Gasteiger partial charge in [0.25, 0.3) is 0 Å². The topological polar surface area (TPSA) is 84.1 Å². The molecule has 0 spiro atoms. The molecule has 1 amide bonds. The highest BCUT2D eigenvalue weighted by Gasteiger charge is 2.28. The molecule has 1 aromatic rings. The number of β-amino-alcohol motifs (C(OH)–C–C–N with tert-alkyl or cyclic N) is 1. The van der Waals surface area contributed by atoms with Crippen molar-refractivity contribution in [3.05, 3.63) is 0 Å². The van der Waals surface area contributed by atoms with E-state index >= 15 is 0 Å². The lowest BCUT2D eigenvalue weighted by molar-refractivity contribution is -0.131. The molecule has 7 nitrogen and oxygen atoms in total. The summed E-state index contributed by atoms with van der Waals surface area (Å²) in [6.45, 7) is 1.19. The van der Waals surface area contributed by atoms with Crippen LogP contribution >= 0.6 is 11.8 Å². The molecule has 3 rings (SSSR count). The molecule has 8 heteroatoms. The summed E-state index contributed by atoms with van der Waals surface area (Å²) in [6, 6.07) is 0.421. The molecular weight excluding hydrogens is 266 g/mol. The van der Waals surface area contributed by atoms with Crippen molar-refractivity contribution >= 4 is 17.7 Å². The van der Waals surface area contributed by atoms with E-state index in [1.165, 1.54) is 11.8 Å². The van der Waals surface area contributed by atoms with Gasteiger partial charge >= 0.3 is 0 Å². The maximum Gasteiger partial charge on any atom is 0.233 e. The van der Waals surface area contributed by atoms with Crippen molar-refractivity contribution < 1.29 is 9.90 Å². The third-order valence-electron chi connectivity index (χ3n) is 3.43. The summed E-state index contributed by atoms with van der Waals surface area (Å²) in [7, 11) is 0. The second-order valence-corrected chi connectivity index (χ2v) is 6.00. The van der Waals surface area contributed by atoms with Gasteiger partial charge in [0.05, 0.1) is 17.9 Å². The van der Waals surface area contributed by atoms with E-state index in [1.807, 2.05) is 4.68 Å². The quantitative estimate of drug-likeness (QED) is 0.788. The van der Waals surface area contributed by atoms with E-state index in [0.717, 1.165) is 32.2 Å². The standard InChI is InChI=1S/C11H17N5O2S/c17-9-2-1-5-15(6-9)10(18)7-19-11-12-13-14-16(11)8-3-4-8/h8-9,17H,1-7H2/t9-/m0/s1. The Morgan fingerprint density at radius 2 is 2.26 bits per heavy atom. The summed E-state index contributed by atoms with van der Waals surface area (Å²) in [5.41, 5.74) is 0. The Balaban J connectivity index is 1.53. The average Bonchev–Trinajstić information content (AvgIpc) is 3.15. The molecule has 2 fully saturated rings. The van der Waals surface area contributed by atoms with Gasteiger partial charge in [-0.3, -0.25) is 4.79 Å². The highest BCUT2D eigenvalue weighted by molar-refractivity contribution is 7.99. The van der Waals surface area contributed by atoms with E-state index < -0.39 is 0 Å². The van der Waals surface area contributed by atoms with Crippen molar-refractivity contribution in [1.82, 2.24) is 25.1 Å². The maximum atomic E-state index is 12.1. The van der Waals surface area contributed by atoms with Gasteiger partial charge in [0.15, 0.2) is 0 Å². The van der Waals surface area contributed by atoms with Crippen LogP contribution in [0.4, 0.5) is 0 Å². The lowest BCUT2D eigenvalue weighted by Gasteiger charge is -2.29. The summed E-state index contributed by atoms with van der Waals surface area (Å²) < 4.78 is 1.81. The number of hydrogen-bond donors (Lipinski definition) is 1. The Hall–Kier alpha value is -1.15. The monoisotopic (exact) mass is 283 g/mol. The number of aliphatic hydroxyl groups excluding tert-OH is 1. The summed E-state index contributed by atoms with van der Waals surface area (Å²) in [6.07, 6.45) is 3.52. The van der Waals surface area contributed by atoms with E-state index in [0.29, 0.717) is 23.5 Å². The minimum atomic E-state index is -0.375. The number of tetrazole rings is 1. The lowest BCUT2D eigenvalue weighted by Crippen LogP contribution is -2.43. The number of piperidine rings is 1. The van der Waals surface area contributed by atoms with E-state index in [4.69, 9.17) is 0 Å². The lowest BCUT2D eigenvalue weighted by atomic mass is 10.1. The fourth-order valence-electron chi connectivity index (χ4n) is 2.23. The number of hydrogen-bond acceptors (Lipinski definition) is 6. The zero-order valence-electron chi connectivity index (χ0n) is 10.6. The number of aromatic nitrogens is 4. The molecule has 0 unspecified atom stereocenters. The number of likely N-dealkylation sites (tertiary alicyclic amines) is 1. The number of nitrogens with zero attached hydrogens (tertiary/aromatic N) is 5. The molecule has 0 bridgehead atoms. The maximum absolute atomic E-state index is 12.1. The van der Waals surface area contributed by atoms with Crippen LogP contribution < -0.4 is 0 Å². The number of amides is 1. The van der Waals surface area contributed by atoms with E-state index in [-0.39, 0.29) is 12.0 Å². The van der Waals surface area contributed by atoms with Crippen LogP contribution in [0.3, 0.4) is 0 Å². The van der Waals surface area contributed by atoms with Gasteiger partial charge in [0, 0.05) is 13.1 Å². The number of aliphatic hydroxyl groups is 1. The summed E-state index contributed by atoms with van der Waals surface area (Å²) in [5, 5.41) is 21.9. The minimum Gasteiger partial charge on any atom is -0.391 e. The largest absolute Gasteiger partial charge is 0.391 e. The van der Waals surface area contributed by atoms with E-state index in [2.05, 4.69) is 15.5 Å². The Kier molecular flexibility index (Phi) is 3.69. The summed E-state index contributed by atoms with van der Waals surface area (Å²) in [4.78, 5) is 13.8. The molecule has 1 saturated carbocycles. The second-order valence-electron chi connectivity index (χ2n) is 5.06. The number of thioether (sulfide) groups is 1. The van der Waals surface area contributed by atoms with Crippen LogP contribution in [0.25, 0.3) is 0 Å². The first kappa shape index (κ1) is 12.9. The molecule has 0 radical (unpaired) electrons. The third kappa shape index (κ3) is 3.06. The SMILES string of the molecule is O=C(CSc1nnnn1C1CC1)N1CCC[C@H](O)C1. The number of carbonyl (C=O) groups excluding carboxylic acids is 1. The third-order valence-corrected chi connectivity index (χ3v) is 4.35. The van der Waals surface area contributed by atoms with Gasteiger partial charge in [-0.1, -0.05) is 11.8 Å². The van der Waals surface area contributed by atoms with Crippen LogP contribution in [0, 0.1) is 0 Å². The fraction of sp³-hybridized carbons (Fsp3) is 0.818. The predicted octanol–water partition coefficient (Wildman–Crippen LogP) is 0.0834. The first-order chi connectivity index (χ1) is 9.24. The molecule has 1 saturated heterocycles. The van der Waals surface area contributed by atoms with Crippen molar-refractivity contribution in [2.45, 2.75) is 43.0 Å². The molecule has 0 aromatic carbocycles. The highest BCUT2D eigenvalue weighted by Crippen LogP contribution is 2.36. The average molecular weight is 283 g/mol. The molecule has 2 heterocycles. The van der Waals surface area contributed by atoms with Gasteiger partial charge in [-0.2, -0.15) is 0 Å². The van der Waals surface area contributed by atoms with Gasteiger partial charge in [-0.05, 0) is 36.1 Å². The first-order valence-electron chi connectivity index (χ1n) is 6.60. The van der Waals surface area contributed by atoms with Crippen molar-refractivity contribution in [3.8, 4) is 0 Å². The predicted molar refractivity (Wildman–Crippen MR) is 68.6 cm³/mol. The van der Waals surface area contributed by atoms with Gasteiger partial charge in [-0.15, -0.1) is 5.10 Å². The highest BCUT2D eigenvalue weighted by atomic mass is 32.2. The van der Waals surface area contributed by atoms with E-state index in [1.54, 1.807) is 4.90 Å². The molecular formula is C11H17N5O2S. The van der Waals surface area contributed by atoms with Crippen LogP contribution in [0.15, 0.2) is 5.16 Å². The molecule has 19 heavy (non-hydrogen) atoms. The molecule has 1 aliphatic carbocycles. The van der Waals surface area contributed by atoms with Gasteiger partial charge < -0.3 is 10.0 Å². The normalized spacial score (nSPS) is 23.6. The van der Waals surface area contributed by atoms with Gasteiger partial charge in [0.1, 0.15) is 0 Å². The Labute approximate surface area is 115 Å². The van der Waals surface area contributed by atoms with Crippen molar-refractivity contribution in [2.75, 3.05) is 18.8 Å². The van der Waals surface area contributed by atoms with Crippen molar-refractivity contribution in [1.29, 1.82) is 0 Å². The fourth-order valence-corrected chi connectivity index (χ4v) is 3.07. The smallest absolute Gasteiger partial charge is 0.233 e. The molecule has 1 aromatic heterocycles. The molecule has 1 atom stereocenters. The van der Waals surface area contributed by atoms with Gasteiger partial charge in [-0.25, -0.2) is 4.68 Å². The minimum absolute atomic E-state index is 0.0501. The summed E-state index contributed by atoms with van der Waals surface area (Å²) >= 11 is 1.38. The number of rotatable bonds is 4. The zero-order valence-corrected chi connectivity index (χ0v) is 11.4. The van der Waals surface area contributed by atoms with Crippen molar-refractivity contribution in [3.63, 3.8) is 0 Å². The Morgan fingerprint density at radius 3 is 3.00 bits per heavy atom. The van der Waals surface area contributed by atoms with Crippen LogP contribution in [0.5, 0.6) is 0 Å². The van der Waals surface area contributed by atoms with Crippen LogP contribution in [0.1, 0.15) is 31.7 Å².